The largest absolute Gasteiger partial charge is 0.479 e. The van der Waals surface area contributed by atoms with Gasteiger partial charge in [0.15, 0.2) is 6.10 Å². The van der Waals surface area contributed by atoms with Crippen molar-refractivity contribution in [3.05, 3.63) is 30.1 Å². The molecule has 2 heterocycles. The quantitative estimate of drug-likeness (QED) is 0.578. The third-order valence-electron chi connectivity index (χ3n) is 3.10. The van der Waals surface area contributed by atoms with Crippen LogP contribution in [0.5, 0.6) is 12.0 Å². The van der Waals surface area contributed by atoms with Gasteiger partial charge in [0.25, 0.3) is 5.91 Å². The lowest BCUT2D eigenvalue weighted by molar-refractivity contribution is -0.144. The molecule has 0 bridgehead atoms. The molecular formula is C16H19N7O8S. The first-order valence-corrected chi connectivity index (χ1v) is 9.50. The molecule has 32 heavy (non-hydrogen) atoms. The first kappa shape index (κ1) is 25.8. The van der Waals surface area contributed by atoms with Gasteiger partial charge in [0.1, 0.15) is 0 Å². The molecule has 0 spiro atoms. The van der Waals surface area contributed by atoms with E-state index in [1.54, 1.807) is 38.6 Å². The van der Waals surface area contributed by atoms with E-state index < -0.39 is 40.6 Å². The van der Waals surface area contributed by atoms with Crippen LogP contribution in [0.2, 0.25) is 0 Å². The number of hydrogen-bond acceptors (Lipinski definition) is 11. The van der Waals surface area contributed by atoms with Crippen LogP contribution in [0.3, 0.4) is 0 Å². The van der Waals surface area contributed by atoms with Crippen LogP contribution in [0.15, 0.2) is 28.9 Å². The van der Waals surface area contributed by atoms with E-state index in [9.17, 15) is 22.8 Å². The van der Waals surface area contributed by atoms with Crippen molar-refractivity contribution in [1.82, 2.24) is 24.8 Å². The standard InChI is InChI=1S/C8H9N5O7S.C8H10N2O/c1-3(4(14)15)20-8-11-5(10-7(12-8)19-2)9-6(16)13-21(17)18;1-10(2)8(11)7-4-3-5-9-6-7/h3H,1-2H3,(H,14,15)(H,9,10,11,12,16);3-6H,1-2H3. The van der Waals surface area contributed by atoms with Crippen molar-refractivity contribution in [1.29, 1.82) is 0 Å². The summed E-state index contributed by atoms with van der Waals surface area (Å²) in [6, 6.07) is 1.52. The maximum atomic E-state index is 11.2. The van der Waals surface area contributed by atoms with Gasteiger partial charge in [-0.25, -0.2) is 9.59 Å². The second-order valence-electron chi connectivity index (χ2n) is 5.71. The topological polar surface area (TPSA) is 203 Å². The molecule has 2 N–H and O–H groups in total. The summed E-state index contributed by atoms with van der Waals surface area (Å²) in [4.78, 5) is 49.1. The Balaban J connectivity index is 0.000000389. The Bertz CT molecular complexity index is 1080. The van der Waals surface area contributed by atoms with Crippen LogP contribution in [-0.4, -0.2) is 83.6 Å². The molecule has 3 amide bonds. The summed E-state index contributed by atoms with van der Waals surface area (Å²) in [7, 11) is 1.70. The van der Waals surface area contributed by atoms with Crippen molar-refractivity contribution in [2.24, 2.45) is 4.36 Å². The van der Waals surface area contributed by atoms with Crippen molar-refractivity contribution in [3.63, 3.8) is 0 Å². The second kappa shape index (κ2) is 12.5. The lowest BCUT2D eigenvalue weighted by atomic mass is 10.2. The summed E-state index contributed by atoms with van der Waals surface area (Å²) in [5.74, 6) is -1.71. The smallest absolute Gasteiger partial charge is 0.362 e. The lowest BCUT2D eigenvalue weighted by Gasteiger charge is -2.09. The first-order valence-electron chi connectivity index (χ1n) is 8.46. The van der Waals surface area contributed by atoms with Gasteiger partial charge < -0.3 is 19.5 Å². The van der Waals surface area contributed by atoms with Gasteiger partial charge in [0.2, 0.25) is 5.95 Å². The van der Waals surface area contributed by atoms with Crippen LogP contribution in [0.25, 0.3) is 0 Å². The highest BCUT2D eigenvalue weighted by Crippen LogP contribution is 2.14. The number of aromatic nitrogens is 4. The minimum Gasteiger partial charge on any atom is -0.479 e. The zero-order valence-electron chi connectivity index (χ0n) is 17.3. The maximum Gasteiger partial charge on any atom is 0.362 e. The average molecular weight is 469 g/mol. The van der Waals surface area contributed by atoms with Crippen LogP contribution in [-0.2, 0) is 15.3 Å². The molecule has 0 saturated carbocycles. The average Bonchev–Trinajstić information content (AvgIpc) is 2.73. The zero-order valence-corrected chi connectivity index (χ0v) is 18.1. The molecule has 2 rings (SSSR count). The summed E-state index contributed by atoms with van der Waals surface area (Å²) in [5, 5.41) is 10.6. The molecule has 16 heteroatoms. The maximum absolute atomic E-state index is 11.2. The highest BCUT2D eigenvalue weighted by Gasteiger charge is 2.17. The molecule has 172 valence electrons. The third kappa shape index (κ3) is 9.08. The highest BCUT2D eigenvalue weighted by molar-refractivity contribution is 7.62. The Hall–Kier alpha value is -4.21. The number of urea groups is 1. The van der Waals surface area contributed by atoms with Crippen LogP contribution in [0, 0.1) is 0 Å². The van der Waals surface area contributed by atoms with E-state index in [1.165, 1.54) is 18.9 Å². The number of carbonyl (C=O) groups is 3. The number of nitrogens with zero attached hydrogens (tertiary/aromatic N) is 6. The molecule has 0 fully saturated rings. The summed E-state index contributed by atoms with van der Waals surface area (Å²) in [6.45, 7) is 1.23. The SMILES string of the molecule is CN(C)C(=O)c1cccnc1.COc1nc(NC(=O)N=S(=O)=O)nc(OC(C)C(=O)O)n1. The molecule has 0 aromatic carbocycles. The van der Waals surface area contributed by atoms with Crippen LogP contribution < -0.4 is 14.8 Å². The number of rotatable bonds is 6. The zero-order chi connectivity index (χ0) is 24.3. The van der Waals surface area contributed by atoms with Gasteiger partial charge in [-0.3, -0.25) is 15.1 Å². The molecule has 0 radical (unpaired) electrons. The number of nitrogens with one attached hydrogen (secondary N) is 1. The van der Waals surface area contributed by atoms with E-state index in [4.69, 9.17) is 14.6 Å². The fourth-order valence-corrected chi connectivity index (χ4v) is 1.86. The number of hydrogen-bond donors (Lipinski definition) is 2. The Labute approximate surface area is 183 Å². The Kier molecular flexibility index (Phi) is 10.1. The van der Waals surface area contributed by atoms with Gasteiger partial charge in [0, 0.05) is 26.5 Å². The van der Waals surface area contributed by atoms with Gasteiger partial charge >= 0.3 is 34.5 Å². The number of anilines is 1. The minimum absolute atomic E-state index is 0.0156. The van der Waals surface area contributed by atoms with Gasteiger partial charge in [-0.15, -0.1) is 4.98 Å². The van der Waals surface area contributed by atoms with E-state index >= 15 is 0 Å². The molecule has 2 aromatic heterocycles. The van der Waals surface area contributed by atoms with E-state index in [0.29, 0.717) is 5.56 Å². The third-order valence-corrected chi connectivity index (χ3v) is 3.41. The number of pyridine rings is 1. The normalized spacial score (nSPS) is 10.5. The fourth-order valence-electron chi connectivity index (χ4n) is 1.68. The fraction of sp³-hybridized carbons (Fsp3) is 0.312. The number of ether oxygens (including phenoxy) is 2. The van der Waals surface area contributed by atoms with E-state index in [1.807, 2.05) is 5.32 Å². The Morgan fingerprint density at radius 3 is 2.34 bits per heavy atom. The van der Waals surface area contributed by atoms with Crippen LogP contribution in [0.4, 0.5) is 10.7 Å². The molecular weight excluding hydrogens is 450 g/mol. The van der Waals surface area contributed by atoms with Gasteiger partial charge in [-0.05, 0) is 19.1 Å². The molecule has 0 aliphatic carbocycles. The number of aliphatic carboxylic acids is 1. The minimum atomic E-state index is -2.95. The number of methoxy groups -OCH3 is 1. The molecule has 0 saturated heterocycles. The van der Waals surface area contributed by atoms with Crippen LogP contribution >= 0.6 is 0 Å². The number of amides is 3. The summed E-state index contributed by atoms with van der Waals surface area (Å²) in [5.41, 5.74) is 0.623. The Morgan fingerprint density at radius 2 is 1.84 bits per heavy atom. The van der Waals surface area contributed by atoms with Crippen molar-refractivity contribution in [2.75, 3.05) is 26.5 Å². The van der Waals surface area contributed by atoms with E-state index in [0.717, 1.165) is 0 Å². The van der Waals surface area contributed by atoms with E-state index in [-0.39, 0.29) is 11.9 Å². The predicted molar refractivity (Wildman–Crippen MR) is 107 cm³/mol. The number of carbonyl (C=O) groups excluding carboxylic acids is 2. The molecule has 0 aliphatic heterocycles. The number of carboxylic acid groups (broad SMARTS) is 1. The van der Waals surface area contributed by atoms with E-state index in [2.05, 4.69) is 24.3 Å². The molecule has 1 atom stereocenters. The lowest BCUT2D eigenvalue weighted by Crippen LogP contribution is -2.24. The summed E-state index contributed by atoms with van der Waals surface area (Å²) in [6.07, 6.45) is 1.94. The molecule has 15 nitrogen and oxygen atoms in total. The monoisotopic (exact) mass is 469 g/mol. The molecule has 1 unspecified atom stereocenters. The predicted octanol–water partition coefficient (Wildman–Crippen LogP) is 0.110. The summed E-state index contributed by atoms with van der Waals surface area (Å²) >= 11 is 0. The number of carboxylic acids is 1. The molecule has 2 aromatic rings. The Morgan fingerprint density at radius 1 is 1.19 bits per heavy atom. The van der Waals surface area contributed by atoms with Gasteiger partial charge in [-0.1, -0.05) is 4.36 Å². The van der Waals surface area contributed by atoms with Gasteiger partial charge in [-0.2, -0.15) is 18.4 Å². The molecule has 0 aliphatic rings. The van der Waals surface area contributed by atoms with Gasteiger partial charge in [0.05, 0.1) is 12.7 Å². The van der Waals surface area contributed by atoms with Crippen molar-refractivity contribution >= 4 is 34.4 Å². The van der Waals surface area contributed by atoms with Crippen molar-refractivity contribution < 1.29 is 37.4 Å². The van der Waals surface area contributed by atoms with Crippen LogP contribution in [0.1, 0.15) is 17.3 Å². The van der Waals surface area contributed by atoms with Crippen molar-refractivity contribution in [3.8, 4) is 12.0 Å². The highest BCUT2D eigenvalue weighted by atomic mass is 32.2. The second-order valence-corrected chi connectivity index (χ2v) is 6.32. The summed E-state index contributed by atoms with van der Waals surface area (Å²) < 4.78 is 32.7. The first-order chi connectivity index (χ1) is 15.0. The van der Waals surface area contributed by atoms with Crippen molar-refractivity contribution in [2.45, 2.75) is 13.0 Å².